The summed E-state index contributed by atoms with van der Waals surface area (Å²) in [7, 11) is -3.77. The Labute approximate surface area is 177 Å². The van der Waals surface area contributed by atoms with Gasteiger partial charge in [0.1, 0.15) is 4.90 Å². The number of benzene rings is 1. The molecule has 1 aromatic carbocycles. The number of hydrogen-bond donors (Lipinski definition) is 1. The van der Waals surface area contributed by atoms with Crippen LogP contribution >= 0.6 is 23.2 Å². The second kappa shape index (κ2) is 9.30. The SMILES string of the molecule is CC(C(=O)NC1CCCCC1)N1CCN(S(=O)(=O)c2c(Cl)cccc2Cl)CC1. The summed E-state index contributed by atoms with van der Waals surface area (Å²) in [6, 6.07) is 4.65. The highest BCUT2D eigenvalue weighted by Crippen LogP contribution is 2.32. The molecule has 2 fully saturated rings. The van der Waals surface area contributed by atoms with Gasteiger partial charge >= 0.3 is 0 Å². The van der Waals surface area contributed by atoms with Gasteiger partial charge in [-0.15, -0.1) is 0 Å². The Morgan fingerprint density at radius 2 is 1.64 bits per heavy atom. The minimum absolute atomic E-state index is 0.0253. The van der Waals surface area contributed by atoms with Crippen LogP contribution in [0.2, 0.25) is 10.0 Å². The molecule has 0 radical (unpaired) electrons. The van der Waals surface area contributed by atoms with Crippen molar-refractivity contribution in [3.63, 3.8) is 0 Å². The molecule has 0 spiro atoms. The van der Waals surface area contributed by atoms with Crippen molar-refractivity contribution in [2.75, 3.05) is 26.2 Å². The third kappa shape index (κ3) is 4.82. The lowest BCUT2D eigenvalue weighted by Crippen LogP contribution is -2.56. The van der Waals surface area contributed by atoms with Gasteiger partial charge in [0.15, 0.2) is 0 Å². The van der Waals surface area contributed by atoms with Crippen LogP contribution < -0.4 is 5.32 Å². The number of nitrogens with one attached hydrogen (secondary N) is 1. The third-order valence-corrected chi connectivity index (χ3v) is 8.52. The molecule has 1 heterocycles. The average molecular weight is 448 g/mol. The fourth-order valence-electron chi connectivity index (χ4n) is 3.92. The zero-order chi connectivity index (χ0) is 20.3. The highest BCUT2D eigenvalue weighted by molar-refractivity contribution is 7.89. The number of piperazine rings is 1. The lowest BCUT2D eigenvalue weighted by molar-refractivity contribution is -0.127. The number of rotatable bonds is 5. The van der Waals surface area contributed by atoms with Crippen LogP contribution in [0.15, 0.2) is 23.1 Å². The maximum atomic E-state index is 13.0. The molecule has 1 N–H and O–H groups in total. The van der Waals surface area contributed by atoms with Crippen molar-refractivity contribution < 1.29 is 13.2 Å². The molecule has 9 heteroatoms. The summed E-state index contributed by atoms with van der Waals surface area (Å²) in [4.78, 5) is 14.6. The normalized spacial score (nSPS) is 21.4. The number of nitrogens with zero attached hydrogens (tertiary/aromatic N) is 2. The molecule has 1 unspecified atom stereocenters. The van der Waals surface area contributed by atoms with Gasteiger partial charge in [0.2, 0.25) is 15.9 Å². The second-order valence-electron chi connectivity index (χ2n) is 7.51. The number of amides is 1. The molecule has 0 aromatic heterocycles. The zero-order valence-corrected chi connectivity index (χ0v) is 18.4. The number of sulfonamides is 1. The van der Waals surface area contributed by atoms with Crippen molar-refractivity contribution in [2.24, 2.45) is 0 Å². The van der Waals surface area contributed by atoms with Gasteiger partial charge in [-0.3, -0.25) is 9.69 Å². The largest absolute Gasteiger partial charge is 0.352 e. The Hall–Kier alpha value is -0.860. The molecule has 6 nitrogen and oxygen atoms in total. The van der Waals surface area contributed by atoms with E-state index in [1.807, 2.05) is 11.8 Å². The van der Waals surface area contributed by atoms with Crippen LogP contribution in [-0.4, -0.2) is 61.8 Å². The van der Waals surface area contributed by atoms with Crippen LogP contribution in [0.4, 0.5) is 0 Å². The molecule has 2 aliphatic rings. The smallest absolute Gasteiger partial charge is 0.246 e. The maximum Gasteiger partial charge on any atom is 0.246 e. The Morgan fingerprint density at radius 3 is 2.21 bits per heavy atom. The van der Waals surface area contributed by atoms with E-state index in [0.717, 1.165) is 12.8 Å². The molecule has 28 heavy (non-hydrogen) atoms. The monoisotopic (exact) mass is 447 g/mol. The molecule has 1 atom stereocenters. The van der Waals surface area contributed by atoms with Gasteiger partial charge < -0.3 is 5.32 Å². The Bertz CT molecular complexity index is 784. The Morgan fingerprint density at radius 1 is 1.07 bits per heavy atom. The van der Waals surface area contributed by atoms with Gasteiger partial charge in [-0.1, -0.05) is 48.5 Å². The zero-order valence-electron chi connectivity index (χ0n) is 16.0. The number of carbonyl (C=O) groups excluding carboxylic acids is 1. The standard InChI is InChI=1S/C19H27Cl2N3O3S/c1-14(19(25)22-15-6-3-2-4-7-15)23-10-12-24(13-11-23)28(26,27)18-16(20)8-5-9-17(18)21/h5,8-9,14-15H,2-4,6-7,10-13H2,1H3,(H,22,25). The molecule has 1 saturated heterocycles. The van der Waals surface area contributed by atoms with Crippen molar-refractivity contribution in [3.05, 3.63) is 28.2 Å². The molecule has 1 aromatic rings. The van der Waals surface area contributed by atoms with Crippen molar-refractivity contribution in [2.45, 2.75) is 56.0 Å². The number of halogens is 2. The summed E-state index contributed by atoms with van der Waals surface area (Å²) in [5.74, 6) is 0.0253. The minimum atomic E-state index is -3.77. The predicted octanol–water partition coefficient (Wildman–Crippen LogP) is 3.14. The quantitative estimate of drug-likeness (QED) is 0.752. The summed E-state index contributed by atoms with van der Waals surface area (Å²) < 4.78 is 27.3. The molecule has 3 rings (SSSR count). The minimum Gasteiger partial charge on any atom is -0.352 e. The number of hydrogen-bond acceptors (Lipinski definition) is 4. The van der Waals surface area contributed by atoms with Crippen molar-refractivity contribution in [1.82, 2.24) is 14.5 Å². The van der Waals surface area contributed by atoms with E-state index in [-0.39, 0.29) is 32.9 Å². The van der Waals surface area contributed by atoms with E-state index >= 15 is 0 Å². The van der Waals surface area contributed by atoms with E-state index in [1.54, 1.807) is 6.07 Å². The van der Waals surface area contributed by atoms with Gasteiger partial charge in [-0.05, 0) is 31.9 Å². The van der Waals surface area contributed by atoms with Gasteiger partial charge in [0, 0.05) is 32.2 Å². The van der Waals surface area contributed by atoms with E-state index in [2.05, 4.69) is 5.32 Å². The maximum absolute atomic E-state index is 13.0. The third-order valence-electron chi connectivity index (χ3n) is 5.67. The molecule has 1 aliphatic heterocycles. The average Bonchev–Trinajstić information content (AvgIpc) is 2.68. The van der Waals surface area contributed by atoms with Gasteiger partial charge in [0.05, 0.1) is 16.1 Å². The van der Waals surface area contributed by atoms with E-state index < -0.39 is 10.0 Å². The lowest BCUT2D eigenvalue weighted by Gasteiger charge is -2.37. The second-order valence-corrected chi connectivity index (χ2v) is 10.2. The topological polar surface area (TPSA) is 69.7 Å². The molecule has 1 aliphatic carbocycles. The van der Waals surface area contributed by atoms with Gasteiger partial charge in [-0.25, -0.2) is 8.42 Å². The summed E-state index contributed by atoms with van der Waals surface area (Å²) in [5, 5.41) is 3.39. The summed E-state index contributed by atoms with van der Waals surface area (Å²) >= 11 is 12.2. The predicted molar refractivity (Wildman–Crippen MR) is 111 cm³/mol. The lowest BCUT2D eigenvalue weighted by atomic mass is 9.95. The van der Waals surface area contributed by atoms with Crippen molar-refractivity contribution >= 4 is 39.1 Å². The number of carbonyl (C=O) groups is 1. The molecule has 1 amide bonds. The summed E-state index contributed by atoms with van der Waals surface area (Å²) in [6.45, 7) is 3.45. The Balaban J connectivity index is 1.59. The van der Waals surface area contributed by atoms with E-state index in [0.29, 0.717) is 26.2 Å². The molecule has 156 valence electrons. The molecule has 0 bridgehead atoms. The van der Waals surface area contributed by atoms with E-state index in [9.17, 15) is 13.2 Å². The van der Waals surface area contributed by atoms with Crippen LogP contribution in [0.3, 0.4) is 0 Å². The van der Waals surface area contributed by atoms with Crippen LogP contribution in [-0.2, 0) is 14.8 Å². The summed E-state index contributed by atoms with van der Waals surface area (Å²) in [5.41, 5.74) is 0. The first kappa shape index (κ1) is 21.8. The first-order valence-electron chi connectivity index (χ1n) is 9.79. The molecule has 1 saturated carbocycles. The van der Waals surface area contributed by atoms with Gasteiger partial charge in [-0.2, -0.15) is 4.31 Å². The van der Waals surface area contributed by atoms with Crippen LogP contribution in [0, 0.1) is 0 Å². The van der Waals surface area contributed by atoms with Crippen LogP contribution in [0.25, 0.3) is 0 Å². The fourth-order valence-corrected chi connectivity index (χ4v) is 6.44. The highest BCUT2D eigenvalue weighted by atomic mass is 35.5. The Kier molecular flexibility index (Phi) is 7.26. The van der Waals surface area contributed by atoms with Crippen molar-refractivity contribution in [1.29, 1.82) is 0 Å². The highest BCUT2D eigenvalue weighted by Gasteiger charge is 2.34. The van der Waals surface area contributed by atoms with Crippen LogP contribution in [0.5, 0.6) is 0 Å². The van der Waals surface area contributed by atoms with E-state index in [1.165, 1.54) is 35.7 Å². The molecular formula is C19H27Cl2N3O3S. The first-order valence-corrected chi connectivity index (χ1v) is 12.0. The van der Waals surface area contributed by atoms with E-state index in [4.69, 9.17) is 23.2 Å². The fraction of sp³-hybridized carbons (Fsp3) is 0.632. The summed E-state index contributed by atoms with van der Waals surface area (Å²) in [6.07, 6.45) is 5.67. The first-order chi connectivity index (χ1) is 13.3. The molecular weight excluding hydrogens is 421 g/mol. The van der Waals surface area contributed by atoms with Crippen molar-refractivity contribution in [3.8, 4) is 0 Å². The van der Waals surface area contributed by atoms with Gasteiger partial charge in [0.25, 0.3) is 0 Å². The van der Waals surface area contributed by atoms with Crippen LogP contribution in [0.1, 0.15) is 39.0 Å².